The molecule has 110 valence electrons. The quantitative estimate of drug-likeness (QED) is 0.789. The van der Waals surface area contributed by atoms with Crippen molar-refractivity contribution in [1.82, 2.24) is 10.2 Å². The molecule has 0 saturated carbocycles. The Hall–Kier alpha value is -2.63. The predicted octanol–water partition coefficient (Wildman–Crippen LogP) is 2.57. The highest BCUT2D eigenvalue weighted by molar-refractivity contribution is 6.03. The summed E-state index contributed by atoms with van der Waals surface area (Å²) in [6.07, 6.45) is 1.85. The van der Waals surface area contributed by atoms with E-state index in [1.165, 1.54) is 6.92 Å². The molecule has 1 aromatic carbocycles. The summed E-state index contributed by atoms with van der Waals surface area (Å²) in [5.74, 6) is -0.441. The van der Waals surface area contributed by atoms with Gasteiger partial charge in [-0.25, -0.2) is 0 Å². The van der Waals surface area contributed by atoms with Crippen LogP contribution in [0, 0.1) is 0 Å². The fourth-order valence-electron chi connectivity index (χ4n) is 1.95. The second kappa shape index (κ2) is 6.69. The van der Waals surface area contributed by atoms with Crippen molar-refractivity contribution >= 4 is 23.2 Å². The van der Waals surface area contributed by atoms with Crippen molar-refractivity contribution in [1.29, 1.82) is 0 Å². The van der Waals surface area contributed by atoms with Crippen molar-refractivity contribution in [2.75, 3.05) is 10.6 Å². The molecule has 0 fully saturated rings. The van der Waals surface area contributed by atoms with Crippen LogP contribution in [0.3, 0.4) is 0 Å². The number of hydrogen-bond acceptors (Lipinski definition) is 3. The van der Waals surface area contributed by atoms with Gasteiger partial charge in [-0.1, -0.05) is 19.4 Å². The minimum absolute atomic E-state index is 0.157. The van der Waals surface area contributed by atoms with Gasteiger partial charge in [0.25, 0.3) is 5.91 Å². The highest BCUT2D eigenvalue weighted by Gasteiger charge is 2.10. The number of rotatable bonds is 5. The number of aromatic amines is 1. The number of carbonyl (C=O) groups is 2. The molecular weight excluding hydrogens is 268 g/mol. The predicted molar refractivity (Wildman–Crippen MR) is 81.3 cm³/mol. The Balaban J connectivity index is 2.06. The number of aryl methyl sites for hydroxylation is 1. The van der Waals surface area contributed by atoms with Gasteiger partial charge >= 0.3 is 0 Å². The molecule has 0 saturated heterocycles. The first-order valence-corrected chi connectivity index (χ1v) is 6.81. The molecule has 0 radical (unpaired) electrons. The standard InChI is InChI=1S/C15H18N4O2/c1-3-5-13-9-14(19-18-13)15(21)17-12-7-4-6-11(8-12)16-10(2)20/h4,6-9H,3,5H2,1-2H3,(H,16,20)(H,17,21)(H,18,19). The Morgan fingerprint density at radius 3 is 2.57 bits per heavy atom. The zero-order valence-electron chi connectivity index (χ0n) is 12.1. The maximum atomic E-state index is 12.1. The van der Waals surface area contributed by atoms with Crippen molar-refractivity contribution in [3.8, 4) is 0 Å². The lowest BCUT2D eigenvalue weighted by molar-refractivity contribution is -0.114. The molecule has 2 aromatic rings. The van der Waals surface area contributed by atoms with Crippen LogP contribution in [0.1, 0.15) is 36.5 Å². The molecule has 2 amide bonds. The van der Waals surface area contributed by atoms with Gasteiger partial charge in [-0.05, 0) is 30.7 Å². The van der Waals surface area contributed by atoms with E-state index in [9.17, 15) is 9.59 Å². The largest absolute Gasteiger partial charge is 0.326 e. The maximum Gasteiger partial charge on any atom is 0.276 e. The lowest BCUT2D eigenvalue weighted by atomic mass is 10.2. The fraction of sp³-hybridized carbons (Fsp3) is 0.267. The number of benzene rings is 1. The van der Waals surface area contributed by atoms with Crippen LogP contribution in [-0.4, -0.2) is 22.0 Å². The third-order valence-corrected chi connectivity index (χ3v) is 2.82. The Labute approximate surface area is 122 Å². The molecule has 1 aromatic heterocycles. The summed E-state index contributed by atoms with van der Waals surface area (Å²) < 4.78 is 0. The number of anilines is 2. The summed E-state index contributed by atoms with van der Waals surface area (Å²) in [6.45, 7) is 3.50. The third-order valence-electron chi connectivity index (χ3n) is 2.82. The lowest BCUT2D eigenvalue weighted by Crippen LogP contribution is -2.13. The number of carbonyl (C=O) groups excluding carboxylic acids is 2. The van der Waals surface area contributed by atoms with E-state index in [1.807, 2.05) is 0 Å². The Bertz CT molecular complexity index is 649. The van der Waals surface area contributed by atoms with Crippen LogP contribution >= 0.6 is 0 Å². The van der Waals surface area contributed by atoms with E-state index in [4.69, 9.17) is 0 Å². The number of nitrogens with zero attached hydrogens (tertiary/aromatic N) is 1. The van der Waals surface area contributed by atoms with Gasteiger partial charge in [-0.2, -0.15) is 5.10 Å². The van der Waals surface area contributed by atoms with Crippen molar-refractivity contribution in [2.45, 2.75) is 26.7 Å². The summed E-state index contributed by atoms with van der Waals surface area (Å²) in [7, 11) is 0. The average molecular weight is 286 g/mol. The summed E-state index contributed by atoms with van der Waals surface area (Å²) in [5.41, 5.74) is 2.53. The number of hydrogen-bond donors (Lipinski definition) is 3. The van der Waals surface area contributed by atoms with Crippen LogP contribution in [-0.2, 0) is 11.2 Å². The third kappa shape index (κ3) is 4.17. The second-order valence-corrected chi connectivity index (χ2v) is 4.74. The molecule has 1 heterocycles. The molecule has 0 unspecified atom stereocenters. The van der Waals surface area contributed by atoms with Crippen LogP contribution in [0.25, 0.3) is 0 Å². The van der Waals surface area contributed by atoms with Gasteiger partial charge in [-0.3, -0.25) is 14.7 Å². The Kier molecular flexibility index (Phi) is 4.71. The van der Waals surface area contributed by atoms with Crippen LogP contribution in [0.4, 0.5) is 11.4 Å². The number of aromatic nitrogens is 2. The van der Waals surface area contributed by atoms with Gasteiger partial charge in [0, 0.05) is 24.0 Å². The Morgan fingerprint density at radius 1 is 1.19 bits per heavy atom. The molecule has 2 rings (SSSR count). The molecule has 3 N–H and O–H groups in total. The van der Waals surface area contributed by atoms with E-state index in [0.29, 0.717) is 17.1 Å². The summed E-state index contributed by atoms with van der Waals surface area (Å²) >= 11 is 0. The van der Waals surface area contributed by atoms with E-state index in [2.05, 4.69) is 27.8 Å². The van der Waals surface area contributed by atoms with Crippen LogP contribution in [0.2, 0.25) is 0 Å². The first-order valence-electron chi connectivity index (χ1n) is 6.81. The summed E-state index contributed by atoms with van der Waals surface area (Å²) in [5, 5.41) is 12.3. The molecule has 0 atom stereocenters. The van der Waals surface area contributed by atoms with E-state index < -0.39 is 0 Å². The molecule has 0 aliphatic carbocycles. The van der Waals surface area contributed by atoms with Crippen LogP contribution in [0.5, 0.6) is 0 Å². The normalized spacial score (nSPS) is 10.2. The monoisotopic (exact) mass is 286 g/mol. The minimum Gasteiger partial charge on any atom is -0.326 e. The van der Waals surface area contributed by atoms with Crippen molar-refractivity contribution < 1.29 is 9.59 Å². The van der Waals surface area contributed by atoms with E-state index in [-0.39, 0.29) is 11.8 Å². The number of H-pyrrole nitrogens is 1. The Morgan fingerprint density at radius 2 is 1.90 bits per heavy atom. The SMILES string of the molecule is CCCc1cc(C(=O)Nc2cccc(NC(C)=O)c2)n[nH]1. The van der Waals surface area contributed by atoms with Gasteiger partial charge < -0.3 is 10.6 Å². The molecule has 21 heavy (non-hydrogen) atoms. The van der Waals surface area contributed by atoms with Crippen molar-refractivity contribution in [2.24, 2.45) is 0 Å². The lowest BCUT2D eigenvalue weighted by Gasteiger charge is -2.06. The minimum atomic E-state index is -0.284. The summed E-state index contributed by atoms with van der Waals surface area (Å²) in [6, 6.07) is 8.71. The second-order valence-electron chi connectivity index (χ2n) is 4.74. The van der Waals surface area contributed by atoms with Crippen LogP contribution in [0.15, 0.2) is 30.3 Å². The summed E-state index contributed by atoms with van der Waals surface area (Å²) in [4.78, 5) is 23.1. The maximum absolute atomic E-state index is 12.1. The molecule has 6 heteroatoms. The molecule has 0 bridgehead atoms. The van der Waals surface area contributed by atoms with E-state index >= 15 is 0 Å². The van der Waals surface area contributed by atoms with Gasteiger partial charge in [0.05, 0.1) is 0 Å². The first-order chi connectivity index (χ1) is 10.1. The highest BCUT2D eigenvalue weighted by Crippen LogP contribution is 2.16. The molecular formula is C15H18N4O2. The van der Waals surface area contributed by atoms with Gasteiger partial charge in [0.1, 0.15) is 0 Å². The first kappa shape index (κ1) is 14.8. The van der Waals surface area contributed by atoms with Gasteiger partial charge in [0.2, 0.25) is 5.91 Å². The topological polar surface area (TPSA) is 86.9 Å². The molecule has 0 aliphatic heterocycles. The van der Waals surface area contributed by atoms with Crippen molar-refractivity contribution in [3.05, 3.63) is 41.7 Å². The molecule has 0 aliphatic rings. The number of amides is 2. The van der Waals surface area contributed by atoms with Gasteiger partial charge in [-0.15, -0.1) is 0 Å². The van der Waals surface area contributed by atoms with Crippen molar-refractivity contribution in [3.63, 3.8) is 0 Å². The zero-order valence-corrected chi connectivity index (χ0v) is 12.1. The number of nitrogens with one attached hydrogen (secondary N) is 3. The fourth-order valence-corrected chi connectivity index (χ4v) is 1.95. The smallest absolute Gasteiger partial charge is 0.276 e. The molecule has 6 nitrogen and oxygen atoms in total. The molecule has 0 spiro atoms. The van der Waals surface area contributed by atoms with Crippen LogP contribution < -0.4 is 10.6 Å². The highest BCUT2D eigenvalue weighted by atomic mass is 16.2. The van der Waals surface area contributed by atoms with Gasteiger partial charge in [0.15, 0.2) is 5.69 Å². The van der Waals surface area contributed by atoms with E-state index in [0.717, 1.165) is 18.5 Å². The average Bonchev–Trinajstić information content (AvgIpc) is 2.87. The van der Waals surface area contributed by atoms with E-state index in [1.54, 1.807) is 30.3 Å². The zero-order chi connectivity index (χ0) is 15.2.